The Hall–Kier alpha value is -0.660. The number of nitrogens with zero attached hydrogens (tertiary/aromatic N) is 1. The van der Waals surface area contributed by atoms with E-state index in [9.17, 15) is 12.8 Å². The molecule has 2 rings (SSSR count). The van der Waals surface area contributed by atoms with E-state index < -0.39 is 16.0 Å². The Labute approximate surface area is 108 Å². The van der Waals surface area contributed by atoms with Gasteiger partial charge in [-0.25, -0.2) is 4.39 Å². The van der Waals surface area contributed by atoms with E-state index in [1.807, 2.05) is 0 Å². The SMILES string of the molecule is O=S(=O)(Nc1ccc(F)c(Br)c1)N1CCCC1. The first-order chi connectivity index (χ1) is 7.99. The van der Waals surface area contributed by atoms with Gasteiger partial charge in [0.2, 0.25) is 0 Å². The van der Waals surface area contributed by atoms with Gasteiger partial charge in [-0.15, -0.1) is 0 Å². The van der Waals surface area contributed by atoms with Crippen LogP contribution in [0.1, 0.15) is 12.8 Å². The van der Waals surface area contributed by atoms with Crippen molar-refractivity contribution in [2.24, 2.45) is 0 Å². The Morgan fingerprint density at radius 3 is 2.53 bits per heavy atom. The highest BCUT2D eigenvalue weighted by atomic mass is 79.9. The molecular formula is C10H12BrFN2O2S. The molecule has 1 N–H and O–H groups in total. The molecule has 0 unspecified atom stereocenters. The zero-order chi connectivity index (χ0) is 12.5. The Bertz CT molecular complexity index is 515. The van der Waals surface area contributed by atoms with Crippen molar-refractivity contribution in [2.45, 2.75) is 12.8 Å². The Kier molecular flexibility index (Phi) is 3.70. The van der Waals surface area contributed by atoms with Gasteiger partial charge in [0, 0.05) is 13.1 Å². The number of halogens is 2. The lowest BCUT2D eigenvalue weighted by Gasteiger charge is -2.16. The molecule has 1 aliphatic heterocycles. The topological polar surface area (TPSA) is 49.4 Å². The fraction of sp³-hybridized carbons (Fsp3) is 0.400. The van der Waals surface area contributed by atoms with Gasteiger partial charge in [-0.1, -0.05) is 0 Å². The molecule has 17 heavy (non-hydrogen) atoms. The molecule has 0 aliphatic carbocycles. The molecule has 0 saturated carbocycles. The maximum Gasteiger partial charge on any atom is 0.301 e. The molecule has 1 aromatic rings. The molecule has 0 atom stereocenters. The Balaban J connectivity index is 2.17. The first-order valence-corrected chi connectivity index (χ1v) is 7.45. The molecule has 4 nitrogen and oxygen atoms in total. The summed E-state index contributed by atoms with van der Waals surface area (Å²) in [6.45, 7) is 1.08. The van der Waals surface area contributed by atoms with Gasteiger partial charge in [0.1, 0.15) is 5.82 Å². The number of hydrogen-bond acceptors (Lipinski definition) is 2. The lowest BCUT2D eigenvalue weighted by Crippen LogP contribution is -2.33. The Morgan fingerprint density at radius 1 is 1.29 bits per heavy atom. The minimum atomic E-state index is -3.50. The third kappa shape index (κ3) is 2.97. The second-order valence-corrected chi connectivity index (χ2v) is 6.37. The van der Waals surface area contributed by atoms with Crippen LogP contribution in [0.5, 0.6) is 0 Å². The van der Waals surface area contributed by atoms with Crippen molar-refractivity contribution >= 4 is 31.8 Å². The van der Waals surface area contributed by atoms with Crippen LogP contribution in [0.4, 0.5) is 10.1 Å². The van der Waals surface area contributed by atoms with E-state index in [1.165, 1.54) is 22.5 Å². The van der Waals surface area contributed by atoms with Gasteiger partial charge in [0.15, 0.2) is 0 Å². The van der Waals surface area contributed by atoms with Gasteiger partial charge in [-0.2, -0.15) is 12.7 Å². The second kappa shape index (κ2) is 4.91. The second-order valence-electron chi connectivity index (χ2n) is 3.84. The highest BCUT2D eigenvalue weighted by Gasteiger charge is 2.25. The molecule has 0 aromatic heterocycles. The van der Waals surface area contributed by atoms with Crippen molar-refractivity contribution in [3.8, 4) is 0 Å². The summed E-state index contributed by atoms with van der Waals surface area (Å²) in [5.74, 6) is -0.422. The molecule has 1 fully saturated rings. The van der Waals surface area contributed by atoms with Crippen molar-refractivity contribution in [3.05, 3.63) is 28.5 Å². The van der Waals surface area contributed by atoms with Gasteiger partial charge in [0.25, 0.3) is 0 Å². The summed E-state index contributed by atoms with van der Waals surface area (Å²) in [6.07, 6.45) is 1.77. The summed E-state index contributed by atoms with van der Waals surface area (Å²) in [5, 5.41) is 0. The molecule has 1 aliphatic rings. The molecule has 1 aromatic carbocycles. The molecule has 1 heterocycles. The van der Waals surface area contributed by atoms with E-state index in [2.05, 4.69) is 20.7 Å². The average Bonchev–Trinajstić information content (AvgIpc) is 2.77. The van der Waals surface area contributed by atoms with Crippen LogP contribution in [-0.2, 0) is 10.2 Å². The predicted octanol–water partition coefficient (Wildman–Crippen LogP) is 2.34. The maximum absolute atomic E-state index is 13.0. The van der Waals surface area contributed by atoms with Gasteiger partial charge in [0.05, 0.1) is 10.2 Å². The predicted molar refractivity (Wildman–Crippen MR) is 67.4 cm³/mol. The van der Waals surface area contributed by atoms with E-state index in [0.717, 1.165) is 12.8 Å². The van der Waals surface area contributed by atoms with Gasteiger partial charge in [-0.3, -0.25) is 4.72 Å². The lowest BCUT2D eigenvalue weighted by atomic mass is 10.3. The number of benzene rings is 1. The fourth-order valence-corrected chi connectivity index (χ4v) is 3.37. The van der Waals surface area contributed by atoms with Crippen LogP contribution >= 0.6 is 15.9 Å². The molecule has 1 saturated heterocycles. The van der Waals surface area contributed by atoms with Gasteiger partial charge >= 0.3 is 10.2 Å². The van der Waals surface area contributed by atoms with Crippen LogP contribution in [-0.4, -0.2) is 25.8 Å². The molecule has 0 radical (unpaired) electrons. The summed E-state index contributed by atoms with van der Waals surface area (Å²) in [6, 6.07) is 4.02. The molecule has 7 heteroatoms. The molecule has 0 spiro atoms. The summed E-state index contributed by atoms with van der Waals surface area (Å²) >= 11 is 3.01. The fourth-order valence-electron chi connectivity index (χ4n) is 1.70. The van der Waals surface area contributed by atoms with Crippen LogP contribution in [0.2, 0.25) is 0 Å². The van der Waals surface area contributed by atoms with E-state index in [4.69, 9.17) is 0 Å². The monoisotopic (exact) mass is 322 g/mol. The summed E-state index contributed by atoms with van der Waals surface area (Å²) in [7, 11) is -3.50. The number of nitrogens with one attached hydrogen (secondary N) is 1. The van der Waals surface area contributed by atoms with Crippen LogP contribution in [0.15, 0.2) is 22.7 Å². The van der Waals surface area contributed by atoms with Crippen molar-refractivity contribution in [2.75, 3.05) is 17.8 Å². The average molecular weight is 323 g/mol. The lowest BCUT2D eigenvalue weighted by molar-refractivity contribution is 0.482. The standard InChI is InChI=1S/C10H12BrFN2O2S/c11-9-7-8(3-4-10(9)12)13-17(15,16)14-5-1-2-6-14/h3-4,7,13H,1-2,5-6H2. The maximum atomic E-state index is 13.0. The van der Waals surface area contributed by atoms with E-state index >= 15 is 0 Å². The van der Waals surface area contributed by atoms with Crippen LogP contribution in [0.3, 0.4) is 0 Å². The molecular weight excluding hydrogens is 311 g/mol. The summed E-state index contributed by atoms with van der Waals surface area (Å²) < 4.78 is 40.9. The zero-order valence-electron chi connectivity index (χ0n) is 8.99. The van der Waals surface area contributed by atoms with Crippen molar-refractivity contribution in [3.63, 3.8) is 0 Å². The summed E-state index contributed by atoms with van der Waals surface area (Å²) in [5.41, 5.74) is 0.352. The zero-order valence-corrected chi connectivity index (χ0v) is 11.4. The molecule has 0 bridgehead atoms. The van der Waals surface area contributed by atoms with Gasteiger partial charge < -0.3 is 0 Å². The molecule has 0 amide bonds. The normalized spacial score (nSPS) is 17.3. The van der Waals surface area contributed by atoms with E-state index in [1.54, 1.807) is 0 Å². The smallest absolute Gasteiger partial charge is 0.271 e. The number of rotatable bonds is 3. The summed E-state index contributed by atoms with van der Waals surface area (Å²) in [4.78, 5) is 0. The highest BCUT2D eigenvalue weighted by Crippen LogP contribution is 2.22. The van der Waals surface area contributed by atoms with Crippen LogP contribution in [0.25, 0.3) is 0 Å². The van der Waals surface area contributed by atoms with Crippen LogP contribution < -0.4 is 4.72 Å². The number of hydrogen-bond donors (Lipinski definition) is 1. The first-order valence-electron chi connectivity index (χ1n) is 5.22. The van der Waals surface area contributed by atoms with E-state index in [0.29, 0.717) is 18.8 Å². The first kappa shape index (κ1) is 12.8. The van der Waals surface area contributed by atoms with Crippen molar-refractivity contribution in [1.29, 1.82) is 0 Å². The quantitative estimate of drug-likeness (QED) is 0.928. The van der Waals surface area contributed by atoms with Crippen molar-refractivity contribution < 1.29 is 12.8 Å². The Morgan fingerprint density at radius 2 is 1.94 bits per heavy atom. The van der Waals surface area contributed by atoms with Gasteiger partial charge in [-0.05, 0) is 47.0 Å². The van der Waals surface area contributed by atoms with E-state index in [-0.39, 0.29) is 4.47 Å². The minimum absolute atomic E-state index is 0.235. The minimum Gasteiger partial charge on any atom is -0.271 e. The molecule has 94 valence electrons. The van der Waals surface area contributed by atoms with Crippen molar-refractivity contribution in [1.82, 2.24) is 4.31 Å². The third-order valence-electron chi connectivity index (χ3n) is 2.57. The largest absolute Gasteiger partial charge is 0.301 e. The van der Waals surface area contributed by atoms with Crippen LogP contribution in [0, 0.1) is 5.82 Å². The number of anilines is 1. The highest BCUT2D eigenvalue weighted by molar-refractivity contribution is 9.10. The third-order valence-corrected chi connectivity index (χ3v) is 4.72.